The van der Waals surface area contributed by atoms with Crippen LogP contribution < -0.4 is 0 Å². The fourth-order valence-corrected chi connectivity index (χ4v) is 0. The molecule has 0 aromatic carbocycles. The molecule has 0 aromatic rings. The van der Waals surface area contributed by atoms with E-state index >= 15 is 0 Å². The van der Waals surface area contributed by atoms with Gasteiger partial charge in [0.1, 0.15) is 0 Å². The van der Waals surface area contributed by atoms with Crippen LogP contribution in [-0.2, 0) is 0 Å². The summed E-state index contributed by atoms with van der Waals surface area (Å²) in [6.45, 7) is 5.15. The van der Waals surface area contributed by atoms with Crippen molar-refractivity contribution in [3.8, 4) is 0 Å². The molecule has 0 spiro atoms. The molecule has 0 rings (SSSR count). The molecule has 1 nitrogen and oxygen atoms in total. The molecule has 0 aliphatic carbocycles. The lowest BCUT2D eigenvalue weighted by Gasteiger charge is -1.90. The van der Waals surface area contributed by atoms with Crippen molar-refractivity contribution >= 4 is 0 Å². The highest BCUT2D eigenvalue weighted by Crippen LogP contribution is 1.80. The summed E-state index contributed by atoms with van der Waals surface area (Å²) < 4.78 is 0. The second-order valence-electron chi connectivity index (χ2n) is 1.14. The van der Waals surface area contributed by atoms with Crippen molar-refractivity contribution in [3.05, 3.63) is 6.92 Å². The molecule has 1 unspecified atom stereocenters. The molecule has 0 aromatic heterocycles. The van der Waals surface area contributed by atoms with Crippen LogP contribution >= 0.6 is 0 Å². The third-order valence-electron chi connectivity index (χ3n) is 0.418. The second-order valence-corrected chi connectivity index (χ2v) is 1.14. The van der Waals surface area contributed by atoms with Gasteiger partial charge in [0.15, 0.2) is 0 Å². The van der Waals surface area contributed by atoms with Crippen molar-refractivity contribution < 1.29 is 5.11 Å². The summed E-state index contributed by atoms with van der Waals surface area (Å²) in [6.07, 6.45) is 0.384. The normalized spacial score (nSPS) is 15.0. The summed E-state index contributed by atoms with van der Waals surface area (Å²) in [4.78, 5) is 0. The maximum absolute atomic E-state index is 8.30. The van der Waals surface area contributed by atoms with Crippen molar-refractivity contribution in [2.75, 3.05) is 0 Å². The molecule has 1 radical (unpaired) electrons. The molecule has 1 atom stereocenters. The Labute approximate surface area is 32.6 Å². The molecule has 1 N–H and O–H groups in total. The molecule has 0 heterocycles. The minimum absolute atomic E-state index is 0.227. The molecule has 1 heteroatoms. The van der Waals surface area contributed by atoms with E-state index in [9.17, 15) is 0 Å². The van der Waals surface area contributed by atoms with E-state index in [2.05, 4.69) is 6.92 Å². The summed E-state index contributed by atoms with van der Waals surface area (Å²) >= 11 is 0. The highest BCUT2D eigenvalue weighted by molar-refractivity contribution is 4.44. The molecular formula is C4H9O. The van der Waals surface area contributed by atoms with Gasteiger partial charge < -0.3 is 5.11 Å². The van der Waals surface area contributed by atoms with E-state index in [1.54, 1.807) is 6.92 Å². The third-order valence-corrected chi connectivity index (χ3v) is 0.418. The molecule has 31 valence electrons. The fourth-order valence-electron chi connectivity index (χ4n) is 0. The standard InChI is InChI=1S/C4H9O/c1-3-4(2)5/h4-5H,1,3H2,2H3. The Morgan fingerprint density at radius 3 is 2.20 bits per heavy atom. The van der Waals surface area contributed by atoms with Crippen LogP contribution in [0.4, 0.5) is 0 Å². The first-order valence-corrected chi connectivity index (χ1v) is 1.74. The van der Waals surface area contributed by atoms with Crippen LogP contribution in [0.5, 0.6) is 0 Å². The van der Waals surface area contributed by atoms with Crippen LogP contribution in [0.15, 0.2) is 0 Å². The lowest BCUT2D eigenvalue weighted by Crippen LogP contribution is -1.93. The first kappa shape index (κ1) is 4.96. The Bertz CT molecular complexity index is 17.6. The minimum Gasteiger partial charge on any atom is -0.393 e. The molecule has 0 saturated heterocycles. The first-order valence-electron chi connectivity index (χ1n) is 1.74. The number of hydrogen-bond acceptors (Lipinski definition) is 1. The maximum Gasteiger partial charge on any atom is 0.0512 e. The topological polar surface area (TPSA) is 20.2 Å². The second kappa shape index (κ2) is 2.21. The molecule has 0 aliphatic rings. The highest BCUT2D eigenvalue weighted by Gasteiger charge is 1.81. The average molecular weight is 73.1 g/mol. The van der Waals surface area contributed by atoms with Gasteiger partial charge >= 0.3 is 0 Å². The van der Waals surface area contributed by atoms with Gasteiger partial charge in [0.25, 0.3) is 0 Å². The van der Waals surface area contributed by atoms with Crippen LogP contribution in [0, 0.1) is 6.92 Å². The SMILES string of the molecule is [CH2]CC(C)O. The summed E-state index contributed by atoms with van der Waals surface area (Å²) in [5, 5.41) is 8.30. The minimum atomic E-state index is -0.227. The van der Waals surface area contributed by atoms with Gasteiger partial charge in [-0.1, -0.05) is 6.92 Å². The summed E-state index contributed by atoms with van der Waals surface area (Å²) in [5.41, 5.74) is 0. The Balaban J connectivity index is 2.54. The van der Waals surface area contributed by atoms with Crippen LogP contribution in [0.2, 0.25) is 0 Å². The van der Waals surface area contributed by atoms with E-state index < -0.39 is 0 Å². The third kappa shape index (κ3) is 3.96. The predicted molar refractivity (Wildman–Crippen MR) is 21.7 cm³/mol. The van der Waals surface area contributed by atoms with Gasteiger partial charge in [-0.2, -0.15) is 0 Å². The van der Waals surface area contributed by atoms with Crippen molar-refractivity contribution in [3.63, 3.8) is 0 Å². The van der Waals surface area contributed by atoms with Crippen molar-refractivity contribution in [1.29, 1.82) is 0 Å². The van der Waals surface area contributed by atoms with Crippen molar-refractivity contribution in [1.82, 2.24) is 0 Å². The number of aliphatic hydroxyl groups excluding tert-OH is 1. The molecule has 0 saturated carbocycles. The monoisotopic (exact) mass is 73.1 g/mol. The van der Waals surface area contributed by atoms with E-state index in [0.717, 1.165) is 0 Å². The Kier molecular flexibility index (Phi) is 2.19. The van der Waals surface area contributed by atoms with Gasteiger partial charge in [-0.15, -0.1) is 0 Å². The van der Waals surface area contributed by atoms with E-state index in [-0.39, 0.29) is 6.10 Å². The number of aliphatic hydroxyl groups is 1. The smallest absolute Gasteiger partial charge is 0.0512 e. The van der Waals surface area contributed by atoms with Gasteiger partial charge in [0, 0.05) is 0 Å². The number of rotatable bonds is 1. The van der Waals surface area contributed by atoms with Crippen LogP contribution in [0.3, 0.4) is 0 Å². The van der Waals surface area contributed by atoms with Crippen molar-refractivity contribution in [2.45, 2.75) is 19.4 Å². The summed E-state index contributed by atoms with van der Waals surface area (Å²) in [6, 6.07) is 0. The maximum atomic E-state index is 8.30. The van der Waals surface area contributed by atoms with Gasteiger partial charge in [-0.05, 0) is 13.3 Å². The van der Waals surface area contributed by atoms with Gasteiger partial charge in [-0.25, -0.2) is 0 Å². The first-order chi connectivity index (χ1) is 2.27. The quantitative estimate of drug-likeness (QED) is 0.481. The molecule has 5 heavy (non-hydrogen) atoms. The van der Waals surface area contributed by atoms with Gasteiger partial charge in [0.2, 0.25) is 0 Å². The number of hydrogen-bond donors (Lipinski definition) is 1. The van der Waals surface area contributed by atoms with Crippen molar-refractivity contribution in [2.24, 2.45) is 0 Å². The molecule has 0 amide bonds. The average Bonchev–Trinajstić information content (AvgIpc) is 1.38. The van der Waals surface area contributed by atoms with E-state index in [1.807, 2.05) is 0 Å². The Morgan fingerprint density at radius 2 is 2.20 bits per heavy atom. The Hall–Kier alpha value is -0.0400. The zero-order valence-electron chi connectivity index (χ0n) is 3.44. The largest absolute Gasteiger partial charge is 0.393 e. The summed E-state index contributed by atoms with van der Waals surface area (Å²) in [5.74, 6) is 0. The Morgan fingerprint density at radius 1 is 2.00 bits per heavy atom. The molecule has 0 bridgehead atoms. The lowest BCUT2D eigenvalue weighted by atomic mass is 10.3. The molecule has 0 fully saturated rings. The summed E-state index contributed by atoms with van der Waals surface area (Å²) in [7, 11) is 0. The fraction of sp³-hybridized carbons (Fsp3) is 0.750. The van der Waals surface area contributed by atoms with E-state index in [0.29, 0.717) is 6.42 Å². The van der Waals surface area contributed by atoms with Crippen LogP contribution in [0.25, 0.3) is 0 Å². The van der Waals surface area contributed by atoms with E-state index in [4.69, 9.17) is 5.11 Å². The lowest BCUT2D eigenvalue weighted by molar-refractivity contribution is 0.198. The van der Waals surface area contributed by atoms with Crippen LogP contribution in [0.1, 0.15) is 13.3 Å². The van der Waals surface area contributed by atoms with Gasteiger partial charge in [-0.3, -0.25) is 0 Å². The molecular weight excluding hydrogens is 64.0 g/mol. The van der Waals surface area contributed by atoms with Crippen LogP contribution in [-0.4, -0.2) is 11.2 Å². The molecule has 0 aliphatic heterocycles. The highest BCUT2D eigenvalue weighted by atomic mass is 16.3. The zero-order valence-corrected chi connectivity index (χ0v) is 3.44. The van der Waals surface area contributed by atoms with Gasteiger partial charge in [0.05, 0.1) is 6.10 Å². The predicted octanol–water partition coefficient (Wildman–Crippen LogP) is 0.591. The zero-order chi connectivity index (χ0) is 4.28. The van der Waals surface area contributed by atoms with E-state index in [1.165, 1.54) is 0 Å².